The number of piperidine rings is 1. The van der Waals surface area contributed by atoms with Crippen molar-refractivity contribution in [2.24, 2.45) is 4.99 Å². The first kappa shape index (κ1) is 21.0. The zero-order valence-corrected chi connectivity index (χ0v) is 17.0. The van der Waals surface area contributed by atoms with E-state index < -0.39 is 16.1 Å². The average molecular weight is 409 g/mol. The van der Waals surface area contributed by atoms with Crippen molar-refractivity contribution < 1.29 is 23.0 Å². The van der Waals surface area contributed by atoms with E-state index in [2.05, 4.69) is 4.99 Å². The van der Waals surface area contributed by atoms with E-state index in [1.54, 1.807) is 34.8 Å². The fourth-order valence-electron chi connectivity index (χ4n) is 3.51. The average Bonchev–Trinajstić information content (AvgIpc) is 2.69. The van der Waals surface area contributed by atoms with Gasteiger partial charge in [-0.2, -0.15) is 4.31 Å². The molecule has 2 aliphatic heterocycles. The molecule has 0 spiro atoms. The summed E-state index contributed by atoms with van der Waals surface area (Å²) in [5.74, 6) is 0. The molecule has 0 radical (unpaired) electrons. The number of aliphatic hydroxyl groups excluding tert-OH is 1. The summed E-state index contributed by atoms with van der Waals surface area (Å²) < 4.78 is 38.4. The number of hydrogen-bond donors (Lipinski definition) is 1. The number of sulfonamides is 1. The highest BCUT2D eigenvalue weighted by molar-refractivity contribution is 7.89. The van der Waals surface area contributed by atoms with Crippen LogP contribution in [-0.2, 0) is 19.5 Å². The number of hydrogen-bond acceptors (Lipinski definition) is 6. The first-order valence-electron chi connectivity index (χ1n) is 9.63. The van der Waals surface area contributed by atoms with Crippen LogP contribution in [0, 0.1) is 6.92 Å². The molecule has 1 saturated heterocycles. The lowest BCUT2D eigenvalue weighted by Crippen LogP contribution is -2.45. The number of aliphatic hydroxyl groups is 1. The molecule has 2 unspecified atom stereocenters. The molecule has 0 saturated carbocycles. The Labute approximate surface area is 166 Å². The fraction of sp³-hybridized carbons (Fsp3) is 0.550. The van der Waals surface area contributed by atoms with E-state index in [0.29, 0.717) is 24.5 Å². The fourth-order valence-corrected chi connectivity index (χ4v) is 5.21. The maximum absolute atomic E-state index is 13.1. The lowest BCUT2D eigenvalue weighted by atomic mass is 9.99. The minimum absolute atomic E-state index is 0.137. The van der Waals surface area contributed by atoms with Gasteiger partial charge in [-0.05, 0) is 38.3 Å². The molecule has 28 heavy (non-hydrogen) atoms. The number of benzene rings is 1. The van der Waals surface area contributed by atoms with E-state index in [4.69, 9.17) is 9.47 Å². The Morgan fingerprint density at radius 2 is 2.11 bits per heavy atom. The van der Waals surface area contributed by atoms with E-state index in [9.17, 15) is 13.5 Å². The molecule has 1 N–H and O–H groups in total. The van der Waals surface area contributed by atoms with Crippen molar-refractivity contribution in [1.29, 1.82) is 0 Å². The van der Waals surface area contributed by atoms with Gasteiger partial charge < -0.3 is 14.6 Å². The lowest BCUT2D eigenvalue weighted by molar-refractivity contribution is 0.0315. The summed E-state index contributed by atoms with van der Waals surface area (Å²) in [5, 5.41) is 10.4. The van der Waals surface area contributed by atoms with Crippen LogP contribution in [0.25, 0.3) is 0 Å². The second-order valence-electron chi connectivity index (χ2n) is 7.27. The molecule has 3 rings (SSSR count). The van der Waals surface area contributed by atoms with Crippen molar-refractivity contribution >= 4 is 15.7 Å². The van der Waals surface area contributed by atoms with Gasteiger partial charge in [-0.15, -0.1) is 0 Å². The van der Waals surface area contributed by atoms with Gasteiger partial charge >= 0.3 is 0 Å². The van der Waals surface area contributed by atoms with Gasteiger partial charge in [0.2, 0.25) is 10.0 Å². The van der Waals surface area contributed by atoms with Crippen LogP contribution < -0.4 is 0 Å². The van der Waals surface area contributed by atoms with Gasteiger partial charge in [-0.25, -0.2) is 8.42 Å². The Kier molecular flexibility index (Phi) is 7.23. The molecule has 0 aliphatic carbocycles. The minimum Gasteiger partial charge on any atom is -0.494 e. The van der Waals surface area contributed by atoms with Gasteiger partial charge in [0.25, 0.3) is 0 Å². The second-order valence-corrected chi connectivity index (χ2v) is 9.17. The predicted octanol–water partition coefficient (Wildman–Crippen LogP) is 2.25. The summed E-state index contributed by atoms with van der Waals surface area (Å²) in [6, 6.07) is 6.69. The van der Waals surface area contributed by atoms with Crippen molar-refractivity contribution in [2.75, 3.05) is 26.4 Å². The standard InChI is InChI=1S/C20H28N2O5S/c1-16-5-7-20(8-6-16)28(24,25)22-10-3-2-4-18(22)12-19(23)15-27-14-17-13-26-11-9-21-17/h5-9,11,18-19,23H,2-4,10,12-15H2,1H3. The number of ether oxygens (including phenoxy) is 2. The molecular weight excluding hydrogens is 380 g/mol. The number of rotatable bonds is 8. The van der Waals surface area contributed by atoms with E-state index in [1.165, 1.54) is 6.26 Å². The maximum atomic E-state index is 13.1. The normalized spacial score (nSPS) is 21.8. The quantitative estimate of drug-likeness (QED) is 0.713. The van der Waals surface area contributed by atoms with Crippen molar-refractivity contribution in [3.05, 3.63) is 42.3 Å². The Hall–Kier alpha value is -1.74. The predicted molar refractivity (Wildman–Crippen MR) is 107 cm³/mol. The lowest BCUT2D eigenvalue weighted by Gasteiger charge is -2.35. The molecule has 1 fully saturated rings. The Balaban J connectivity index is 1.58. The van der Waals surface area contributed by atoms with Crippen LogP contribution in [0.15, 0.2) is 46.6 Å². The number of aliphatic imine (C=N–C) groups is 1. The summed E-state index contributed by atoms with van der Waals surface area (Å²) in [6.45, 7) is 3.22. The Bertz CT molecular complexity index is 804. The van der Waals surface area contributed by atoms with Gasteiger partial charge in [0.15, 0.2) is 0 Å². The molecule has 8 heteroatoms. The van der Waals surface area contributed by atoms with Gasteiger partial charge in [0.1, 0.15) is 12.9 Å². The van der Waals surface area contributed by atoms with E-state index in [0.717, 1.165) is 30.5 Å². The highest BCUT2D eigenvalue weighted by Gasteiger charge is 2.34. The van der Waals surface area contributed by atoms with Gasteiger partial charge in [-0.3, -0.25) is 4.99 Å². The van der Waals surface area contributed by atoms with Crippen LogP contribution in [-0.4, -0.2) is 62.1 Å². The van der Waals surface area contributed by atoms with Crippen molar-refractivity contribution in [3.8, 4) is 0 Å². The molecule has 2 atom stereocenters. The van der Waals surface area contributed by atoms with Crippen LogP contribution in [0.5, 0.6) is 0 Å². The van der Waals surface area contributed by atoms with Gasteiger partial charge in [0.05, 0.1) is 36.1 Å². The molecule has 1 aromatic carbocycles. The topological polar surface area (TPSA) is 88.4 Å². The molecule has 0 bridgehead atoms. The van der Waals surface area contributed by atoms with Gasteiger partial charge in [-0.1, -0.05) is 24.1 Å². The molecule has 0 aromatic heterocycles. The van der Waals surface area contributed by atoms with Crippen molar-refractivity contribution in [2.45, 2.75) is 49.6 Å². The van der Waals surface area contributed by atoms with Crippen LogP contribution in [0.3, 0.4) is 0 Å². The largest absolute Gasteiger partial charge is 0.494 e. The Morgan fingerprint density at radius 3 is 2.82 bits per heavy atom. The molecule has 0 amide bonds. The van der Waals surface area contributed by atoms with E-state index in [1.807, 2.05) is 6.92 Å². The monoisotopic (exact) mass is 408 g/mol. The zero-order chi connectivity index (χ0) is 20.0. The highest BCUT2D eigenvalue weighted by atomic mass is 32.2. The summed E-state index contributed by atoms with van der Waals surface area (Å²) in [5.41, 5.74) is 1.78. The smallest absolute Gasteiger partial charge is 0.243 e. The third-order valence-corrected chi connectivity index (χ3v) is 6.95. The summed E-state index contributed by atoms with van der Waals surface area (Å²) >= 11 is 0. The first-order chi connectivity index (χ1) is 13.5. The highest BCUT2D eigenvalue weighted by Crippen LogP contribution is 2.28. The van der Waals surface area contributed by atoms with E-state index >= 15 is 0 Å². The SMILES string of the molecule is Cc1ccc(S(=O)(=O)N2CCCCC2CC(O)COCC2=NC=COC2)cc1. The van der Waals surface area contributed by atoms with Crippen LogP contribution in [0.2, 0.25) is 0 Å². The Morgan fingerprint density at radius 1 is 1.32 bits per heavy atom. The molecule has 2 heterocycles. The first-order valence-corrected chi connectivity index (χ1v) is 11.1. The van der Waals surface area contributed by atoms with Crippen LogP contribution >= 0.6 is 0 Å². The van der Waals surface area contributed by atoms with Crippen LogP contribution in [0.4, 0.5) is 0 Å². The molecule has 2 aliphatic rings. The van der Waals surface area contributed by atoms with Crippen molar-refractivity contribution in [3.63, 3.8) is 0 Å². The van der Waals surface area contributed by atoms with E-state index in [-0.39, 0.29) is 19.3 Å². The number of aryl methyl sites for hydroxylation is 1. The van der Waals surface area contributed by atoms with Crippen LogP contribution in [0.1, 0.15) is 31.2 Å². The second kappa shape index (κ2) is 9.65. The summed E-state index contributed by atoms with van der Waals surface area (Å²) in [6.07, 6.45) is 5.24. The zero-order valence-electron chi connectivity index (χ0n) is 16.2. The molecule has 154 valence electrons. The molecule has 7 nitrogen and oxygen atoms in total. The van der Waals surface area contributed by atoms with Crippen molar-refractivity contribution in [1.82, 2.24) is 4.31 Å². The van der Waals surface area contributed by atoms with Gasteiger partial charge in [0, 0.05) is 12.6 Å². The summed E-state index contributed by atoms with van der Waals surface area (Å²) in [4.78, 5) is 4.45. The minimum atomic E-state index is -3.57. The summed E-state index contributed by atoms with van der Waals surface area (Å²) in [7, 11) is -3.57. The maximum Gasteiger partial charge on any atom is 0.243 e. The number of nitrogens with zero attached hydrogens (tertiary/aromatic N) is 2. The third-order valence-electron chi connectivity index (χ3n) is 4.99. The molecule has 1 aromatic rings. The molecular formula is C20H28N2O5S. The third kappa shape index (κ3) is 5.41.